The summed E-state index contributed by atoms with van der Waals surface area (Å²) in [4.78, 5) is 6.21. The molecular formula is C20H20N4O2. The van der Waals surface area contributed by atoms with Gasteiger partial charge in [-0.25, -0.2) is 0 Å². The predicted octanol–water partition coefficient (Wildman–Crippen LogP) is 2.90. The van der Waals surface area contributed by atoms with E-state index in [-0.39, 0.29) is 12.0 Å². The van der Waals surface area contributed by atoms with Crippen molar-refractivity contribution in [2.24, 2.45) is 5.41 Å². The molecule has 1 aliphatic rings. The Morgan fingerprint density at radius 1 is 1.12 bits per heavy atom. The van der Waals surface area contributed by atoms with Gasteiger partial charge in [-0.1, -0.05) is 12.1 Å². The molecule has 0 aliphatic carbocycles. The SMILES string of the molecule is COc1ccc([C@@H]2CN(C)[C@H](c3cccnc3)C2(C#N)C#N)cc1OC. The molecule has 6 nitrogen and oxygen atoms in total. The zero-order chi connectivity index (χ0) is 18.7. The molecule has 1 aliphatic heterocycles. The Morgan fingerprint density at radius 2 is 1.85 bits per heavy atom. The van der Waals surface area contributed by atoms with E-state index in [4.69, 9.17) is 9.47 Å². The standard InChI is InChI=1S/C20H20N4O2/c1-24-11-16(14-6-7-17(25-2)18(9-14)26-3)20(12-21,13-22)19(24)15-5-4-8-23-10-15/h4-10,16,19H,11H2,1-3H3/t16-,19+/m0/s1. The van der Waals surface area contributed by atoms with Crippen LogP contribution in [0.5, 0.6) is 11.5 Å². The number of benzene rings is 1. The molecule has 1 fully saturated rings. The topological polar surface area (TPSA) is 82.2 Å². The van der Waals surface area contributed by atoms with Crippen LogP contribution in [0.15, 0.2) is 42.7 Å². The molecule has 2 heterocycles. The number of ether oxygens (including phenoxy) is 2. The number of aromatic nitrogens is 1. The third-order valence-corrected chi connectivity index (χ3v) is 5.07. The maximum Gasteiger partial charge on any atom is 0.171 e. The normalized spacial score (nSPS) is 21.6. The van der Waals surface area contributed by atoms with Crippen LogP contribution in [0.4, 0.5) is 0 Å². The van der Waals surface area contributed by atoms with Crippen molar-refractivity contribution < 1.29 is 9.47 Å². The van der Waals surface area contributed by atoms with Gasteiger partial charge in [-0.15, -0.1) is 0 Å². The molecule has 3 rings (SSSR count). The monoisotopic (exact) mass is 348 g/mol. The zero-order valence-corrected chi connectivity index (χ0v) is 15.0. The van der Waals surface area contributed by atoms with Crippen molar-refractivity contribution in [2.75, 3.05) is 27.8 Å². The Kier molecular flexibility index (Phi) is 4.79. The summed E-state index contributed by atoms with van der Waals surface area (Å²) >= 11 is 0. The van der Waals surface area contributed by atoms with Gasteiger partial charge in [-0.2, -0.15) is 10.5 Å². The Labute approximate surface area is 153 Å². The molecule has 1 saturated heterocycles. The minimum Gasteiger partial charge on any atom is -0.493 e. The summed E-state index contributed by atoms with van der Waals surface area (Å²) in [5, 5.41) is 20.1. The van der Waals surface area contributed by atoms with E-state index in [9.17, 15) is 10.5 Å². The van der Waals surface area contributed by atoms with Crippen LogP contribution in [0.2, 0.25) is 0 Å². The van der Waals surface area contributed by atoms with Gasteiger partial charge in [0, 0.05) is 24.9 Å². The van der Waals surface area contributed by atoms with Gasteiger partial charge < -0.3 is 9.47 Å². The van der Waals surface area contributed by atoms with Gasteiger partial charge in [0.25, 0.3) is 0 Å². The first-order valence-electron chi connectivity index (χ1n) is 8.25. The smallest absolute Gasteiger partial charge is 0.171 e. The predicted molar refractivity (Wildman–Crippen MR) is 95.6 cm³/mol. The molecule has 2 atom stereocenters. The average molecular weight is 348 g/mol. The van der Waals surface area contributed by atoms with E-state index in [1.165, 1.54) is 0 Å². The van der Waals surface area contributed by atoms with Crippen molar-refractivity contribution in [3.63, 3.8) is 0 Å². The lowest BCUT2D eigenvalue weighted by Crippen LogP contribution is -2.30. The van der Waals surface area contributed by atoms with Gasteiger partial charge in [0.1, 0.15) is 0 Å². The van der Waals surface area contributed by atoms with Gasteiger partial charge in [0.15, 0.2) is 16.9 Å². The van der Waals surface area contributed by atoms with E-state index in [0.717, 1.165) is 11.1 Å². The number of rotatable bonds is 4. The van der Waals surface area contributed by atoms with E-state index in [0.29, 0.717) is 18.0 Å². The van der Waals surface area contributed by atoms with Crippen LogP contribution in [0.3, 0.4) is 0 Å². The van der Waals surface area contributed by atoms with Crippen LogP contribution < -0.4 is 9.47 Å². The van der Waals surface area contributed by atoms with E-state index in [1.807, 2.05) is 42.3 Å². The largest absolute Gasteiger partial charge is 0.493 e. The van der Waals surface area contributed by atoms with Crippen LogP contribution in [0, 0.1) is 28.1 Å². The summed E-state index contributed by atoms with van der Waals surface area (Å²) < 4.78 is 10.7. The second kappa shape index (κ2) is 7.03. The van der Waals surface area contributed by atoms with E-state index < -0.39 is 5.41 Å². The average Bonchev–Trinajstić information content (AvgIpc) is 3.00. The minimum absolute atomic E-state index is 0.285. The molecule has 1 aromatic carbocycles. The highest BCUT2D eigenvalue weighted by Crippen LogP contribution is 2.54. The van der Waals surface area contributed by atoms with Gasteiger partial charge in [-0.3, -0.25) is 9.88 Å². The second-order valence-corrected chi connectivity index (χ2v) is 6.39. The van der Waals surface area contributed by atoms with Crippen molar-refractivity contribution in [2.45, 2.75) is 12.0 Å². The molecule has 0 unspecified atom stereocenters. The molecule has 0 bridgehead atoms. The highest BCUT2D eigenvalue weighted by atomic mass is 16.5. The van der Waals surface area contributed by atoms with Crippen LogP contribution >= 0.6 is 0 Å². The second-order valence-electron chi connectivity index (χ2n) is 6.39. The first kappa shape index (κ1) is 17.7. The fourth-order valence-corrected chi connectivity index (χ4v) is 3.87. The number of likely N-dealkylation sites (N-methyl/N-ethyl adjacent to an activating group) is 1. The summed E-state index contributed by atoms with van der Waals surface area (Å²) in [5.74, 6) is 0.917. The van der Waals surface area contributed by atoms with Gasteiger partial charge in [0.2, 0.25) is 0 Å². The van der Waals surface area contributed by atoms with Gasteiger partial charge in [0.05, 0.1) is 32.4 Å². The van der Waals surface area contributed by atoms with Crippen molar-refractivity contribution in [1.29, 1.82) is 10.5 Å². The Balaban J connectivity index is 2.11. The molecule has 26 heavy (non-hydrogen) atoms. The molecule has 0 radical (unpaired) electrons. The number of nitriles is 2. The van der Waals surface area contributed by atoms with E-state index in [1.54, 1.807) is 26.6 Å². The minimum atomic E-state index is -1.22. The van der Waals surface area contributed by atoms with E-state index >= 15 is 0 Å². The molecule has 2 aromatic rings. The number of pyridine rings is 1. The van der Waals surface area contributed by atoms with Crippen LogP contribution in [0.1, 0.15) is 23.1 Å². The highest BCUT2D eigenvalue weighted by Gasteiger charge is 2.55. The number of likely N-dealkylation sites (tertiary alicyclic amines) is 1. The molecule has 132 valence electrons. The summed E-state index contributed by atoms with van der Waals surface area (Å²) in [5.41, 5.74) is 0.516. The fourth-order valence-electron chi connectivity index (χ4n) is 3.87. The first-order valence-corrected chi connectivity index (χ1v) is 8.25. The molecular weight excluding hydrogens is 328 g/mol. The Bertz CT molecular complexity index is 856. The summed E-state index contributed by atoms with van der Waals surface area (Å²) in [6.07, 6.45) is 3.41. The number of hydrogen-bond donors (Lipinski definition) is 0. The third kappa shape index (κ3) is 2.65. The maximum absolute atomic E-state index is 10.0. The molecule has 6 heteroatoms. The van der Waals surface area contributed by atoms with Crippen molar-refractivity contribution in [1.82, 2.24) is 9.88 Å². The lowest BCUT2D eigenvalue weighted by atomic mass is 9.71. The third-order valence-electron chi connectivity index (χ3n) is 5.07. The lowest BCUT2D eigenvalue weighted by molar-refractivity contribution is 0.267. The number of hydrogen-bond acceptors (Lipinski definition) is 6. The van der Waals surface area contributed by atoms with E-state index in [2.05, 4.69) is 17.1 Å². The maximum atomic E-state index is 10.0. The van der Waals surface area contributed by atoms with Crippen molar-refractivity contribution >= 4 is 0 Å². The summed E-state index contributed by atoms with van der Waals surface area (Å²) in [7, 11) is 5.08. The van der Waals surface area contributed by atoms with Crippen molar-refractivity contribution in [3.05, 3.63) is 53.9 Å². The Morgan fingerprint density at radius 3 is 2.42 bits per heavy atom. The van der Waals surface area contributed by atoms with Gasteiger partial charge >= 0.3 is 0 Å². The molecule has 1 aromatic heterocycles. The molecule has 0 amide bonds. The van der Waals surface area contributed by atoms with Crippen LogP contribution in [0.25, 0.3) is 0 Å². The fraction of sp³-hybridized carbons (Fsp3) is 0.350. The molecule has 0 N–H and O–H groups in total. The number of nitrogens with zero attached hydrogens (tertiary/aromatic N) is 4. The lowest BCUT2D eigenvalue weighted by Gasteiger charge is -2.28. The van der Waals surface area contributed by atoms with Crippen LogP contribution in [-0.4, -0.2) is 37.7 Å². The van der Waals surface area contributed by atoms with Gasteiger partial charge in [-0.05, 0) is 36.4 Å². The first-order chi connectivity index (χ1) is 12.6. The quantitative estimate of drug-likeness (QED) is 0.845. The van der Waals surface area contributed by atoms with Crippen molar-refractivity contribution in [3.8, 4) is 23.6 Å². The summed E-state index contributed by atoms with van der Waals surface area (Å²) in [6, 6.07) is 13.6. The molecule has 0 spiro atoms. The highest BCUT2D eigenvalue weighted by molar-refractivity contribution is 5.47. The van der Waals surface area contributed by atoms with Crippen LogP contribution in [-0.2, 0) is 0 Å². The summed E-state index contributed by atoms with van der Waals surface area (Å²) in [6.45, 7) is 0.580. The molecule has 0 saturated carbocycles. The zero-order valence-electron chi connectivity index (χ0n) is 15.0. The Hall–Kier alpha value is -3.09. The number of methoxy groups -OCH3 is 2.